The number of amides is 2. The predicted octanol–water partition coefficient (Wildman–Crippen LogP) is 6.34. The Balaban J connectivity index is 1.86. The van der Waals surface area contributed by atoms with Gasteiger partial charge in [-0.1, -0.05) is 59.3 Å². The second kappa shape index (κ2) is 8.13. The third-order valence-electron chi connectivity index (χ3n) is 4.99. The number of nitrogens with zero attached hydrogens (tertiary/aromatic N) is 1. The first-order valence-corrected chi connectivity index (χ1v) is 10.8. The maximum absolute atomic E-state index is 13.5. The van der Waals surface area contributed by atoms with E-state index in [1.807, 2.05) is 69.3 Å². The van der Waals surface area contributed by atoms with Crippen molar-refractivity contribution in [3.63, 3.8) is 0 Å². The molecule has 0 aliphatic carbocycles. The van der Waals surface area contributed by atoms with Crippen LogP contribution in [-0.2, 0) is 9.59 Å². The summed E-state index contributed by atoms with van der Waals surface area (Å²) in [6.07, 6.45) is 0. The molecule has 1 aliphatic heterocycles. The van der Waals surface area contributed by atoms with E-state index in [0.717, 1.165) is 27.1 Å². The number of halogens is 1. The van der Waals surface area contributed by atoms with E-state index in [9.17, 15) is 9.59 Å². The molecule has 0 atom stereocenters. The first-order valence-electron chi connectivity index (χ1n) is 9.56. The summed E-state index contributed by atoms with van der Waals surface area (Å²) in [4.78, 5) is 29.5. The molecule has 0 saturated heterocycles. The second-order valence-electron chi connectivity index (χ2n) is 7.36. The number of thioether (sulfide) groups is 1. The van der Waals surface area contributed by atoms with E-state index in [1.165, 1.54) is 16.7 Å². The number of imide groups is 1. The molecule has 0 N–H and O–H groups in total. The molecule has 2 amide bonds. The van der Waals surface area contributed by atoms with Gasteiger partial charge in [0.2, 0.25) is 0 Å². The SMILES string of the molecule is Cc1cccc(N2C(=O)C(Sc3ccc(Cl)cc3)=C(c3ccc(C)cc3C)C2=O)c1. The molecule has 0 aromatic heterocycles. The van der Waals surface area contributed by atoms with E-state index in [4.69, 9.17) is 11.6 Å². The van der Waals surface area contributed by atoms with Gasteiger partial charge in [-0.15, -0.1) is 0 Å². The van der Waals surface area contributed by atoms with E-state index >= 15 is 0 Å². The molecular formula is C25H20ClNO2S. The Morgan fingerprint density at radius 2 is 1.50 bits per heavy atom. The molecule has 150 valence electrons. The molecule has 0 fully saturated rings. The zero-order valence-electron chi connectivity index (χ0n) is 16.9. The Hall–Kier alpha value is -2.82. The van der Waals surface area contributed by atoms with Crippen molar-refractivity contribution < 1.29 is 9.59 Å². The van der Waals surface area contributed by atoms with Crippen molar-refractivity contribution in [3.8, 4) is 0 Å². The molecule has 0 saturated carbocycles. The topological polar surface area (TPSA) is 37.4 Å². The van der Waals surface area contributed by atoms with Gasteiger partial charge in [0, 0.05) is 9.92 Å². The van der Waals surface area contributed by atoms with Crippen molar-refractivity contribution in [3.05, 3.63) is 98.9 Å². The summed E-state index contributed by atoms with van der Waals surface area (Å²) in [5.74, 6) is -0.602. The molecular weight excluding hydrogens is 414 g/mol. The summed E-state index contributed by atoms with van der Waals surface area (Å²) < 4.78 is 0. The highest BCUT2D eigenvalue weighted by Gasteiger charge is 2.40. The van der Waals surface area contributed by atoms with Crippen LogP contribution in [0, 0.1) is 20.8 Å². The van der Waals surface area contributed by atoms with Crippen LogP contribution in [0.4, 0.5) is 5.69 Å². The molecule has 3 aromatic rings. The van der Waals surface area contributed by atoms with E-state index < -0.39 is 0 Å². The fraction of sp³-hybridized carbons (Fsp3) is 0.120. The molecule has 0 radical (unpaired) electrons. The van der Waals surface area contributed by atoms with Crippen molar-refractivity contribution in [2.24, 2.45) is 0 Å². The summed E-state index contributed by atoms with van der Waals surface area (Å²) >= 11 is 7.31. The van der Waals surface area contributed by atoms with E-state index in [-0.39, 0.29) is 11.8 Å². The maximum atomic E-state index is 13.5. The average molecular weight is 434 g/mol. The van der Waals surface area contributed by atoms with Gasteiger partial charge in [0.15, 0.2) is 0 Å². The Kier molecular flexibility index (Phi) is 5.54. The quantitative estimate of drug-likeness (QED) is 0.450. The average Bonchev–Trinajstić information content (AvgIpc) is 2.94. The fourth-order valence-corrected chi connectivity index (χ4v) is 4.67. The summed E-state index contributed by atoms with van der Waals surface area (Å²) in [5.41, 5.74) is 4.87. The smallest absolute Gasteiger partial charge is 0.268 e. The summed E-state index contributed by atoms with van der Waals surface area (Å²) in [7, 11) is 0. The number of rotatable bonds is 4. The van der Waals surface area contributed by atoms with Crippen molar-refractivity contribution in [2.75, 3.05) is 4.90 Å². The number of carbonyl (C=O) groups excluding carboxylic acids is 2. The van der Waals surface area contributed by atoms with Crippen molar-refractivity contribution in [2.45, 2.75) is 25.7 Å². The molecule has 5 heteroatoms. The van der Waals surface area contributed by atoms with Crippen LogP contribution in [0.15, 0.2) is 76.5 Å². The molecule has 30 heavy (non-hydrogen) atoms. The van der Waals surface area contributed by atoms with E-state index in [0.29, 0.717) is 21.2 Å². The summed E-state index contributed by atoms with van der Waals surface area (Å²) in [5, 5.41) is 0.623. The minimum Gasteiger partial charge on any atom is -0.268 e. The molecule has 3 aromatic carbocycles. The van der Waals surface area contributed by atoms with Gasteiger partial charge in [-0.3, -0.25) is 9.59 Å². The van der Waals surface area contributed by atoms with Gasteiger partial charge < -0.3 is 0 Å². The van der Waals surface area contributed by atoms with Gasteiger partial charge >= 0.3 is 0 Å². The predicted molar refractivity (Wildman–Crippen MR) is 124 cm³/mol. The van der Waals surface area contributed by atoms with Gasteiger partial charge in [-0.25, -0.2) is 4.90 Å². The van der Waals surface area contributed by atoms with E-state index in [2.05, 4.69) is 0 Å². The van der Waals surface area contributed by atoms with Crippen LogP contribution in [0.25, 0.3) is 5.57 Å². The molecule has 1 heterocycles. The van der Waals surface area contributed by atoms with Gasteiger partial charge in [0.1, 0.15) is 0 Å². The summed E-state index contributed by atoms with van der Waals surface area (Å²) in [6, 6.07) is 20.6. The molecule has 3 nitrogen and oxygen atoms in total. The minimum atomic E-state index is -0.305. The van der Waals surface area contributed by atoms with Crippen LogP contribution < -0.4 is 4.90 Å². The lowest BCUT2D eigenvalue weighted by Gasteiger charge is -2.16. The normalized spacial score (nSPS) is 14.1. The highest BCUT2D eigenvalue weighted by atomic mass is 35.5. The van der Waals surface area contributed by atoms with Gasteiger partial charge in [0.25, 0.3) is 11.8 Å². The van der Waals surface area contributed by atoms with Gasteiger partial charge in [0.05, 0.1) is 16.2 Å². The minimum absolute atomic E-state index is 0.297. The third-order valence-corrected chi connectivity index (χ3v) is 6.33. The Bertz CT molecular complexity index is 1200. The van der Waals surface area contributed by atoms with Crippen LogP contribution in [0.5, 0.6) is 0 Å². The van der Waals surface area contributed by atoms with Crippen LogP contribution in [0.3, 0.4) is 0 Å². The van der Waals surface area contributed by atoms with Gasteiger partial charge in [-0.2, -0.15) is 0 Å². The first-order chi connectivity index (χ1) is 14.3. The standard InChI is InChI=1S/C25H20ClNO2S/c1-15-5-4-6-19(14-15)27-24(28)22(21-12-7-16(2)13-17(21)3)23(25(27)29)30-20-10-8-18(26)9-11-20/h4-14H,1-3H3. The maximum Gasteiger partial charge on any atom is 0.272 e. The zero-order valence-corrected chi connectivity index (χ0v) is 18.5. The highest BCUT2D eigenvalue weighted by molar-refractivity contribution is 8.04. The van der Waals surface area contributed by atoms with Crippen molar-refractivity contribution >= 4 is 46.4 Å². The van der Waals surface area contributed by atoms with Crippen molar-refractivity contribution in [1.82, 2.24) is 0 Å². The van der Waals surface area contributed by atoms with Crippen LogP contribution in [0.1, 0.15) is 22.3 Å². The lowest BCUT2D eigenvalue weighted by atomic mass is 9.98. The molecule has 0 unspecified atom stereocenters. The number of aryl methyl sites for hydroxylation is 3. The molecule has 0 spiro atoms. The van der Waals surface area contributed by atoms with E-state index in [1.54, 1.807) is 18.2 Å². The Morgan fingerprint density at radius 3 is 2.17 bits per heavy atom. The highest BCUT2D eigenvalue weighted by Crippen LogP contribution is 2.42. The second-order valence-corrected chi connectivity index (χ2v) is 8.88. The number of carbonyl (C=O) groups is 2. The fourth-order valence-electron chi connectivity index (χ4n) is 3.56. The third kappa shape index (κ3) is 3.81. The lowest BCUT2D eigenvalue weighted by molar-refractivity contribution is -0.119. The number of benzene rings is 3. The van der Waals surface area contributed by atoms with Crippen LogP contribution in [-0.4, -0.2) is 11.8 Å². The molecule has 0 bridgehead atoms. The first kappa shape index (κ1) is 20.5. The number of anilines is 1. The lowest BCUT2D eigenvalue weighted by Crippen LogP contribution is -2.31. The number of hydrogen-bond acceptors (Lipinski definition) is 3. The zero-order chi connectivity index (χ0) is 21.4. The monoisotopic (exact) mass is 433 g/mol. The van der Waals surface area contributed by atoms with Crippen LogP contribution in [0.2, 0.25) is 5.02 Å². The number of hydrogen-bond donors (Lipinski definition) is 0. The Morgan fingerprint density at radius 1 is 0.800 bits per heavy atom. The summed E-state index contributed by atoms with van der Waals surface area (Å²) in [6.45, 7) is 5.92. The Labute approximate surface area is 185 Å². The van der Waals surface area contributed by atoms with Gasteiger partial charge in [-0.05, 0) is 73.9 Å². The van der Waals surface area contributed by atoms with Crippen molar-refractivity contribution in [1.29, 1.82) is 0 Å². The molecule has 1 aliphatic rings. The van der Waals surface area contributed by atoms with Crippen LogP contribution >= 0.6 is 23.4 Å². The molecule has 4 rings (SSSR count). The largest absolute Gasteiger partial charge is 0.272 e.